The highest BCUT2D eigenvalue weighted by Gasteiger charge is 2.22. The fourth-order valence-corrected chi connectivity index (χ4v) is 5.25. The van der Waals surface area contributed by atoms with E-state index in [4.69, 9.17) is 5.14 Å². The van der Waals surface area contributed by atoms with Crippen LogP contribution in [0.5, 0.6) is 0 Å². The molecule has 3 N–H and O–H groups in total. The third-order valence-electron chi connectivity index (χ3n) is 5.67. The summed E-state index contributed by atoms with van der Waals surface area (Å²) in [6.45, 7) is 5.21. The SMILES string of the molecule is CN1CCN(CCC[C@H](CSc2ccccc2)Nc2ccc(S(N)(=O)=O)cc2[N+](=O)[O-])CC1. The normalized spacial score (nSPS) is 16.4. The van der Waals surface area contributed by atoms with Gasteiger partial charge in [-0.05, 0) is 50.7 Å². The van der Waals surface area contributed by atoms with Gasteiger partial charge in [-0.2, -0.15) is 0 Å². The van der Waals surface area contributed by atoms with Gasteiger partial charge in [0.25, 0.3) is 5.69 Å². The molecular formula is C22H31N5O4S2. The highest BCUT2D eigenvalue weighted by Crippen LogP contribution is 2.29. The molecule has 2 aromatic rings. The fraction of sp³-hybridized carbons (Fsp3) is 0.455. The Bertz CT molecular complexity index is 1030. The molecule has 2 aromatic carbocycles. The minimum atomic E-state index is -4.03. The molecule has 9 nitrogen and oxygen atoms in total. The van der Waals surface area contributed by atoms with Crippen LogP contribution in [0.4, 0.5) is 11.4 Å². The number of nitrogens with one attached hydrogen (secondary N) is 1. The molecule has 1 saturated heterocycles. The molecule has 1 heterocycles. The van der Waals surface area contributed by atoms with Crippen molar-refractivity contribution in [3.63, 3.8) is 0 Å². The van der Waals surface area contributed by atoms with Gasteiger partial charge in [0.15, 0.2) is 0 Å². The van der Waals surface area contributed by atoms with Crippen molar-refractivity contribution in [2.45, 2.75) is 28.7 Å². The van der Waals surface area contributed by atoms with E-state index in [0.29, 0.717) is 5.69 Å². The molecule has 1 fully saturated rings. The first-order chi connectivity index (χ1) is 15.7. The predicted octanol–water partition coefficient (Wildman–Crippen LogP) is 2.84. The van der Waals surface area contributed by atoms with Gasteiger partial charge < -0.3 is 15.1 Å². The van der Waals surface area contributed by atoms with Gasteiger partial charge in [-0.1, -0.05) is 18.2 Å². The number of nitro benzene ring substituents is 1. The highest BCUT2D eigenvalue weighted by molar-refractivity contribution is 7.99. The Balaban J connectivity index is 1.70. The first kappa shape index (κ1) is 25.4. The minimum absolute atomic E-state index is 0.0262. The summed E-state index contributed by atoms with van der Waals surface area (Å²) in [4.78, 5) is 16.7. The van der Waals surface area contributed by atoms with E-state index in [-0.39, 0.29) is 16.6 Å². The number of benzene rings is 2. The van der Waals surface area contributed by atoms with Crippen molar-refractivity contribution in [1.29, 1.82) is 0 Å². The number of nitrogens with zero attached hydrogens (tertiary/aromatic N) is 3. The number of likely N-dealkylation sites (N-methyl/N-ethyl adjacent to an activating group) is 1. The van der Waals surface area contributed by atoms with Crippen LogP contribution >= 0.6 is 11.8 Å². The van der Waals surface area contributed by atoms with E-state index in [1.54, 1.807) is 11.8 Å². The molecule has 1 atom stereocenters. The second-order valence-electron chi connectivity index (χ2n) is 8.23. The Kier molecular flexibility index (Phi) is 9.10. The van der Waals surface area contributed by atoms with Crippen molar-refractivity contribution in [1.82, 2.24) is 9.80 Å². The van der Waals surface area contributed by atoms with Crippen molar-refractivity contribution in [3.8, 4) is 0 Å². The van der Waals surface area contributed by atoms with Crippen LogP contribution in [0.25, 0.3) is 0 Å². The van der Waals surface area contributed by atoms with E-state index in [1.807, 2.05) is 30.3 Å². The summed E-state index contributed by atoms with van der Waals surface area (Å²) in [5, 5.41) is 20.1. The van der Waals surface area contributed by atoms with Crippen LogP contribution < -0.4 is 10.5 Å². The number of anilines is 1. The summed E-state index contributed by atoms with van der Waals surface area (Å²) in [5.74, 6) is 0.723. The molecule has 0 amide bonds. The lowest BCUT2D eigenvalue weighted by molar-refractivity contribution is -0.384. The van der Waals surface area contributed by atoms with Crippen LogP contribution in [0.3, 0.4) is 0 Å². The molecule has 3 rings (SSSR count). The van der Waals surface area contributed by atoms with Gasteiger partial charge in [0.05, 0.1) is 9.82 Å². The molecule has 0 bridgehead atoms. The second-order valence-corrected chi connectivity index (χ2v) is 10.9. The van der Waals surface area contributed by atoms with Crippen LogP contribution in [-0.2, 0) is 10.0 Å². The summed E-state index contributed by atoms with van der Waals surface area (Å²) in [6.07, 6.45) is 1.79. The van der Waals surface area contributed by atoms with Crippen molar-refractivity contribution >= 4 is 33.2 Å². The molecule has 11 heteroatoms. The van der Waals surface area contributed by atoms with Gasteiger partial charge in [0.1, 0.15) is 5.69 Å². The Morgan fingerprint density at radius 1 is 1.15 bits per heavy atom. The van der Waals surface area contributed by atoms with Gasteiger partial charge in [-0.25, -0.2) is 13.6 Å². The van der Waals surface area contributed by atoms with Gasteiger partial charge in [-0.3, -0.25) is 10.1 Å². The van der Waals surface area contributed by atoms with Crippen LogP contribution in [0, 0.1) is 10.1 Å². The molecule has 180 valence electrons. The zero-order valence-corrected chi connectivity index (χ0v) is 20.4. The zero-order valence-electron chi connectivity index (χ0n) is 18.7. The monoisotopic (exact) mass is 493 g/mol. The standard InChI is InChI=1S/C22H31N5O4S2/c1-25-12-14-26(15-13-25)11-5-6-18(17-32-19-7-3-2-4-8-19)24-21-10-9-20(33(23,30)31)16-22(21)27(28)29/h2-4,7-10,16,18,24H,5-6,11-15,17H2,1H3,(H2,23,30,31)/t18-/m1/s1. The first-order valence-electron chi connectivity index (χ1n) is 10.9. The number of primary sulfonamides is 1. The average molecular weight is 494 g/mol. The Hall–Kier alpha value is -2.18. The summed E-state index contributed by atoms with van der Waals surface area (Å²) in [5.41, 5.74) is 0.000891. The fourth-order valence-electron chi connectivity index (χ4n) is 3.72. The van der Waals surface area contributed by atoms with Gasteiger partial charge in [-0.15, -0.1) is 11.8 Å². The molecule has 0 aliphatic carbocycles. The third-order valence-corrected chi connectivity index (χ3v) is 7.76. The molecule has 0 aromatic heterocycles. The Morgan fingerprint density at radius 2 is 1.85 bits per heavy atom. The summed E-state index contributed by atoms with van der Waals surface area (Å²) >= 11 is 1.69. The number of nitro groups is 1. The number of nitrogens with two attached hydrogens (primary N) is 1. The van der Waals surface area contributed by atoms with E-state index in [9.17, 15) is 18.5 Å². The van der Waals surface area contributed by atoms with Crippen LogP contribution in [0.2, 0.25) is 0 Å². The lowest BCUT2D eigenvalue weighted by Crippen LogP contribution is -2.44. The van der Waals surface area contributed by atoms with Gasteiger partial charge in [0.2, 0.25) is 10.0 Å². The van der Waals surface area contributed by atoms with Gasteiger partial charge >= 0.3 is 0 Å². The van der Waals surface area contributed by atoms with Crippen molar-refractivity contribution < 1.29 is 13.3 Å². The largest absolute Gasteiger partial charge is 0.376 e. The van der Waals surface area contributed by atoms with Crippen molar-refractivity contribution in [3.05, 3.63) is 58.6 Å². The molecule has 0 radical (unpaired) electrons. The number of rotatable bonds is 11. The van der Waals surface area contributed by atoms with Crippen LogP contribution in [0.1, 0.15) is 12.8 Å². The van der Waals surface area contributed by atoms with Crippen molar-refractivity contribution in [2.24, 2.45) is 5.14 Å². The second kappa shape index (κ2) is 11.8. The molecule has 1 aliphatic heterocycles. The molecule has 1 aliphatic rings. The van der Waals surface area contributed by atoms with E-state index in [1.165, 1.54) is 12.1 Å². The lowest BCUT2D eigenvalue weighted by Gasteiger charge is -2.32. The first-order valence-corrected chi connectivity index (χ1v) is 13.4. The molecule has 0 saturated carbocycles. The van der Waals surface area contributed by atoms with E-state index in [0.717, 1.165) is 62.3 Å². The number of sulfonamides is 1. The van der Waals surface area contributed by atoms with E-state index in [2.05, 4.69) is 22.2 Å². The molecular weight excluding hydrogens is 462 g/mol. The number of hydrogen-bond donors (Lipinski definition) is 2. The number of thioether (sulfide) groups is 1. The summed E-state index contributed by atoms with van der Waals surface area (Å²) in [6, 6.07) is 13.7. The summed E-state index contributed by atoms with van der Waals surface area (Å²) in [7, 11) is -1.90. The van der Waals surface area contributed by atoms with E-state index >= 15 is 0 Å². The maximum atomic E-state index is 11.6. The minimum Gasteiger partial charge on any atom is -0.376 e. The maximum Gasteiger partial charge on any atom is 0.293 e. The quantitative estimate of drug-likeness (QED) is 0.278. The zero-order chi connectivity index (χ0) is 23.8. The van der Waals surface area contributed by atoms with E-state index < -0.39 is 14.9 Å². The molecule has 0 unspecified atom stereocenters. The molecule has 33 heavy (non-hydrogen) atoms. The Labute approximate surface area is 199 Å². The smallest absolute Gasteiger partial charge is 0.293 e. The number of hydrogen-bond acceptors (Lipinski definition) is 8. The van der Waals surface area contributed by atoms with Crippen molar-refractivity contribution in [2.75, 3.05) is 50.8 Å². The summed E-state index contributed by atoms with van der Waals surface area (Å²) < 4.78 is 23.3. The molecule has 0 spiro atoms. The van der Waals surface area contributed by atoms with Gasteiger partial charge in [0, 0.05) is 48.9 Å². The average Bonchev–Trinajstić information content (AvgIpc) is 2.78. The number of piperazine rings is 1. The third kappa shape index (κ3) is 7.97. The van der Waals surface area contributed by atoms with Crippen LogP contribution in [0.15, 0.2) is 58.3 Å². The maximum absolute atomic E-state index is 11.6. The predicted molar refractivity (Wildman–Crippen MR) is 132 cm³/mol. The lowest BCUT2D eigenvalue weighted by atomic mass is 10.1. The topological polar surface area (TPSA) is 122 Å². The van der Waals surface area contributed by atoms with Crippen LogP contribution in [-0.4, -0.2) is 74.7 Å². The Morgan fingerprint density at radius 3 is 2.48 bits per heavy atom. The highest BCUT2D eigenvalue weighted by atomic mass is 32.2.